The van der Waals surface area contributed by atoms with Gasteiger partial charge in [-0.15, -0.1) is 0 Å². The fourth-order valence-electron chi connectivity index (χ4n) is 8.71. The molecule has 0 spiro atoms. The van der Waals surface area contributed by atoms with Crippen molar-refractivity contribution in [1.82, 2.24) is 44.9 Å². The van der Waals surface area contributed by atoms with Crippen LogP contribution in [0, 0.1) is 0 Å². The summed E-state index contributed by atoms with van der Waals surface area (Å²) in [5.74, 6) is 1.60. The average molecular weight is 924 g/mol. The van der Waals surface area contributed by atoms with Crippen LogP contribution in [0.25, 0.3) is 124 Å². The van der Waals surface area contributed by atoms with Gasteiger partial charge in [0, 0.05) is 41.5 Å². The summed E-state index contributed by atoms with van der Waals surface area (Å²) in [6.45, 7) is 0. The normalized spacial score (nSPS) is 11.1. The zero-order valence-corrected chi connectivity index (χ0v) is 38.7. The molecule has 0 aliphatic rings. The molecule has 7 heterocycles. The third-order valence-electron chi connectivity index (χ3n) is 12.4. The van der Waals surface area contributed by atoms with Gasteiger partial charge in [-0.1, -0.05) is 133 Å². The number of nitrogens with zero attached hydrogens (tertiary/aromatic N) is 9. The molecule has 0 unspecified atom stereocenters. The van der Waals surface area contributed by atoms with Crippen LogP contribution in [0.1, 0.15) is 0 Å². The Morgan fingerprint density at radius 1 is 0.167 bits per heavy atom. The molecule has 0 aliphatic heterocycles. The predicted molar refractivity (Wildman–Crippen MR) is 286 cm³/mol. The van der Waals surface area contributed by atoms with Crippen LogP contribution in [-0.4, -0.2) is 44.9 Å². The van der Waals surface area contributed by atoms with E-state index in [0.717, 1.165) is 84.0 Å². The first kappa shape index (κ1) is 43.3. The number of aromatic nitrogens is 9. The van der Waals surface area contributed by atoms with Crippen LogP contribution in [0.5, 0.6) is 0 Å². The lowest BCUT2D eigenvalue weighted by Gasteiger charge is -2.15. The quantitative estimate of drug-likeness (QED) is 0.125. The van der Waals surface area contributed by atoms with Gasteiger partial charge in [-0.25, -0.2) is 24.9 Å². The Kier molecular flexibility index (Phi) is 11.8. The monoisotopic (exact) mass is 923 g/mol. The van der Waals surface area contributed by atoms with Crippen molar-refractivity contribution >= 4 is 0 Å². The Morgan fingerprint density at radius 3 is 0.750 bits per heavy atom. The Balaban J connectivity index is 1.09. The number of hydrogen-bond acceptors (Lipinski definition) is 9. The van der Waals surface area contributed by atoms with Crippen molar-refractivity contribution in [2.45, 2.75) is 0 Å². The minimum atomic E-state index is 0.505. The largest absolute Gasteiger partial charge is 0.255 e. The van der Waals surface area contributed by atoms with Crippen molar-refractivity contribution in [3.05, 3.63) is 249 Å². The smallest absolute Gasteiger partial charge is 0.164 e. The van der Waals surface area contributed by atoms with E-state index in [0.29, 0.717) is 40.2 Å². The predicted octanol–water partition coefficient (Wildman–Crippen LogP) is 14.6. The molecular formula is C63H41N9. The molecule has 12 aromatic rings. The van der Waals surface area contributed by atoms with Crippen molar-refractivity contribution in [3.63, 3.8) is 0 Å². The highest BCUT2D eigenvalue weighted by atomic mass is 15.0. The summed E-state index contributed by atoms with van der Waals surface area (Å²) in [6.07, 6.45) is 7.13. The van der Waals surface area contributed by atoms with E-state index in [4.69, 9.17) is 44.9 Å². The molecule has 0 saturated carbocycles. The van der Waals surface area contributed by atoms with E-state index in [1.54, 1.807) is 24.8 Å². The van der Waals surface area contributed by atoms with Gasteiger partial charge in [-0.05, 0) is 136 Å². The molecule has 0 N–H and O–H groups in total. The Bertz CT molecular complexity index is 3440. The van der Waals surface area contributed by atoms with Gasteiger partial charge >= 0.3 is 0 Å². The van der Waals surface area contributed by atoms with Crippen molar-refractivity contribution in [3.8, 4) is 124 Å². The van der Waals surface area contributed by atoms with Crippen LogP contribution in [0.2, 0.25) is 0 Å². The fourth-order valence-corrected chi connectivity index (χ4v) is 8.71. The average Bonchev–Trinajstić information content (AvgIpc) is 3.48. The van der Waals surface area contributed by atoms with Gasteiger partial charge in [0.05, 0.1) is 45.6 Å². The molecule has 0 atom stereocenters. The van der Waals surface area contributed by atoms with E-state index in [1.165, 1.54) is 0 Å². The lowest BCUT2D eigenvalue weighted by Crippen LogP contribution is -2.01. The van der Waals surface area contributed by atoms with Gasteiger partial charge in [-0.2, -0.15) is 0 Å². The molecule has 338 valence electrons. The van der Waals surface area contributed by atoms with Crippen LogP contribution >= 0.6 is 0 Å². The van der Waals surface area contributed by atoms with E-state index >= 15 is 0 Å². The molecule has 0 fully saturated rings. The SMILES string of the molecule is c1ccc(-c2ccc(-c3nc(-c4ccc(-c5ccccc5)cc4)nc(-c4cc(-c5cc(-c6ccccn6)nc(-c6ccccn6)c5)cc(-c5cc(-c6ccccn6)nc(-c6ccccn6)c5)c4)n3)cc2)cc1. The van der Waals surface area contributed by atoms with Gasteiger partial charge in [0.2, 0.25) is 0 Å². The van der Waals surface area contributed by atoms with Crippen molar-refractivity contribution in [2.75, 3.05) is 0 Å². The Hall–Kier alpha value is -9.99. The van der Waals surface area contributed by atoms with Crippen LogP contribution in [0.3, 0.4) is 0 Å². The van der Waals surface area contributed by atoms with Crippen LogP contribution < -0.4 is 0 Å². The minimum absolute atomic E-state index is 0.505. The number of pyridine rings is 6. The summed E-state index contributed by atoms with van der Waals surface area (Å²) in [5, 5.41) is 0. The van der Waals surface area contributed by atoms with Gasteiger partial charge in [0.1, 0.15) is 0 Å². The van der Waals surface area contributed by atoms with E-state index < -0.39 is 0 Å². The minimum Gasteiger partial charge on any atom is -0.255 e. The zero-order chi connectivity index (χ0) is 48.1. The second-order valence-electron chi connectivity index (χ2n) is 17.1. The standard InChI is InChI=1S/C63H41N9/c1-3-15-42(16-4-1)44-23-27-46(28-24-44)61-70-62(47-29-25-45(26-30-47)43-17-5-2-6-18-43)72-63(71-61)52-36-48(50-38-57(53-19-7-11-31-64-53)68-58(39-50)54-20-8-12-32-65-54)35-49(37-52)51-40-59(55-21-9-13-33-66-55)69-60(41-51)56-22-10-14-34-67-56/h1-41H. The fraction of sp³-hybridized carbons (Fsp3) is 0. The number of benzene rings is 5. The van der Waals surface area contributed by atoms with E-state index in [-0.39, 0.29) is 0 Å². The highest BCUT2D eigenvalue weighted by molar-refractivity contribution is 5.85. The highest BCUT2D eigenvalue weighted by Gasteiger charge is 2.19. The molecule has 9 heteroatoms. The highest BCUT2D eigenvalue weighted by Crippen LogP contribution is 2.38. The summed E-state index contributed by atoms with van der Waals surface area (Å²) in [7, 11) is 0. The molecule has 5 aromatic carbocycles. The number of hydrogen-bond donors (Lipinski definition) is 0. The maximum atomic E-state index is 5.31. The van der Waals surface area contributed by atoms with E-state index in [9.17, 15) is 0 Å². The zero-order valence-electron chi connectivity index (χ0n) is 38.7. The van der Waals surface area contributed by atoms with Crippen molar-refractivity contribution in [1.29, 1.82) is 0 Å². The molecule has 0 radical (unpaired) electrons. The van der Waals surface area contributed by atoms with Gasteiger partial charge in [0.15, 0.2) is 17.5 Å². The molecule has 0 saturated heterocycles. The summed E-state index contributed by atoms with van der Waals surface area (Å²) < 4.78 is 0. The summed E-state index contributed by atoms with van der Waals surface area (Å²) in [6, 6.07) is 75.7. The molecular weight excluding hydrogens is 883 g/mol. The second-order valence-corrected chi connectivity index (χ2v) is 17.1. The molecule has 0 aliphatic carbocycles. The number of rotatable bonds is 11. The van der Waals surface area contributed by atoms with Crippen LogP contribution in [-0.2, 0) is 0 Å². The van der Waals surface area contributed by atoms with Crippen LogP contribution in [0.4, 0.5) is 0 Å². The van der Waals surface area contributed by atoms with Gasteiger partial charge in [0.25, 0.3) is 0 Å². The first-order valence-electron chi connectivity index (χ1n) is 23.6. The van der Waals surface area contributed by atoms with Gasteiger partial charge in [-0.3, -0.25) is 19.9 Å². The first-order chi connectivity index (χ1) is 35.6. The van der Waals surface area contributed by atoms with Crippen LogP contribution in [0.15, 0.2) is 249 Å². The lowest BCUT2D eigenvalue weighted by molar-refractivity contribution is 1.07. The summed E-state index contributed by atoms with van der Waals surface area (Å²) in [5.41, 5.74) is 16.4. The Labute approximate surface area is 416 Å². The van der Waals surface area contributed by atoms with Gasteiger partial charge < -0.3 is 0 Å². The van der Waals surface area contributed by atoms with Crippen molar-refractivity contribution < 1.29 is 0 Å². The topological polar surface area (TPSA) is 116 Å². The molecule has 9 nitrogen and oxygen atoms in total. The molecule has 72 heavy (non-hydrogen) atoms. The molecule has 0 amide bonds. The third-order valence-corrected chi connectivity index (χ3v) is 12.4. The summed E-state index contributed by atoms with van der Waals surface area (Å²) >= 11 is 0. The third kappa shape index (κ3) is 9.29. The molecule has 12 rings (SSSR count). The summed E-state index contributed by atoms with van der Waals surface area (Å²) in [4.78, 5) is 44.9. The van der Waals surface area contributed by atoms with E-state index in [1.807, 2.05) is 84.9 Å². The lowest BCUT2D eigenvalue weighted by atomic mass is 9.94. The van der Waals surface area contributed by atoms with E-state index in [2.05, 4.69) is 140 Å². The molecule has 0 bridgehead atoms. The first-order valence-corrected chi connectivity index (χ1v) is 23.6. The Morgan fingerprint density at radius 2 is 0.431 bits per heavy atom. The molecule has 7 aromatic heterocycles. The second kappa shape index (κ2) is 19.6. The maximum absolute atomic E-state index is 5.31. The maximum Gasteiger partial charge on any atom is 0.164 e. The van der Waals surface area contributed by atoms with Crippen molar-refractivity contribution in [2.24, 2.45) is 0 Å².